The van der Waals surface area contributed by atoms with Crippen LogP contribution in [0, 0.1) is 5.82 Å². The molecule has 1 atom stereocenters. The number of rotatable bonds is 8. The normalized spacial score (nSPS) is 16.0. The number of carbonyl (C=O) groups excluding carboxylic acids is 1. The van der Waals surface area contributed by atoms with Gasteiger partial charge in [0.15, 0.2) is 0 Å². The van der Waals surface area contributed by atoms with Crippen molar-refractivity contribution in [2.75, 3.05) is 23.7 Å². The van der Waals surface area contributed by atoms with E-state index in [1.54, 1.807) is 0 Å². The smallest absolute Gasteiger partial charge is 0.243 e. The molecule has 0 radical (unpaired) electrons. The predicted molar refractivity (Wildman–Crippen MR) is 121 cm³/mol. The van der Waals surface area contributed by atoms with Crippen molar-refractivity contribution in [3.63, 3.8) is 0 Å². The molecule has 168 valence electrons. The van der Waals surface area contributed by atoms with Crippen LogP contribution in [0.15, 0.2) is 48.5 Å². The second-order valence-electron chi connectivity index (χ2n) is 8.03. The topological polar surface area (TPSA) is 69.7 Å². The summed E-state index contributed by atoms with van der Waals surface area (Å²) in [5.74, 6) is -0.887. The number of halogens is 1. The quantitative estimate of drug-likeness (QED) is 0.674. The summed E-state index contributed by atoms with van der Waals surface area (Å²) in [7, 11) is -3.74. The first-order valence-corrected chi connectivity index (χ1v) is 12.4. The van der Waals surface area contributed by atoms with Gasteiger partial charge in [0.1, 0.15) is 11.9 Å². The third-order valence-electron chi connectivity index (χ3n) is 5.58. The van der Waals surface area contributed by atoms with Gasteiger partial charge in [-0.15, -0.1) is 0 Å². The maximum Gasteiger partial charge on any atom is 0.243 e. The molecule has 0 aromatic heterocycles. The Hall–Kier alpha value is -2.45. The Morgan fingerprint density at radius 1 is 1.06 bits per heavy atom. The molecule has 1 saturated heterocycles. The lowest BCUT2D eigenvalue weighted by Gasteiger charge is -2.29. The monoisotopic (exact) mass is 447 g/mol. The van der Waals surface area contributed by atoms with E-state index in [1.165, 1.54) is 50.5 Å². The average molecular weight is 448 g/mol. The first-order valence-electron chi connectivity index (χ1n) is 10.6. The molecule has 1 N–H and O–H groups in total. The van der Waals surface area contributed by atoms with Gasteiger partial charge in [-0.2, -0.15) is 0 Å². The van der Waals surface area contributed by atoms with E-state index in [4.69, 9.17) is 0 Å². The second kappa shape index (κ2) is 10.2. The number of carbonyl (C=O) groups is 1. The van der Waals surface area contributed by atoms with Crippen LogP contribution in [0.1, 0.15) is 37.3 Å². The molecule has 1 amide bonds. The standard InChI is InChI=1S/C23H30FN3O3S/c1-18(27(31(2,29)30)22-12-10-21(24)11-13-22)23(28)25-16-19-8-4-5-9-20(19)17-26-14-6-3-7-15-26/h4-5,8-13,18H,3,6-7,14-17H2,1-2H3,(H,25,28). The number of nitrogens with one attached hydrogen (secondary N) is 1. The minimum atomic E-state index is -3.74. The number of sulfonamides is 1. The van der Waals surface area contributed by atoms with Crippen LogP contribution >= 0.6 is 0 Å². The fourth-order valence-corrected chi connectivity index (χ4v) is 5.14. The molecule has 2 aromatic carbocycles. The first kappa shape index (κ1) is 23.2. The van der Waals surface area contributed by atoms with Crippen molar-refractivity contribution in [2.24, 2.45) is 0 Å². The maximum atomic E-state index is 13.3. The summed E-state index contributed by atoms with van der Waals surface area (Å²) in [4.78, 5) is 15.3. The van der Waals surface area contributed by atoms with Gasteiger partial charge in [-0.3, -0.25) is 14.0 Å². The maximum absolute atomic E-state index is 13.3. The third-order valence-corrected chi connectivity index (χ3v) is 6.83. The molecule has 1 heterocycles. The molecule has 31 heavy (non-hydrogen) atoms. The molecule has 0 bridgehead atoms. The van der Waals surface area contributed by atoms with Crippen molar-refractivity contribution in [3.8, 4) is 0 Å². The van der Waals surface area contributed by atoms with Crippen molar-refractivity contribution in [3.05, 3.63) is 65.5 Å². The van der Waals surface area contributed by atoms with Gasteiger partial charge >= 0.3 is 0 Å². The van der Waals surface area contributed by atoms with Gasteiger partial charge in [-0.05, 0) is 68.2 Å². The minimum Gasteiger partial charge on any atom is -0.350 e. The van der Waals surface area contributed by atoms with E-state index in [0.717, 1.165) is 41.3 Å². The van der Waals surface area contributed by atoms with Gasteiger partial charge in [0, 0.05) is 13.1 Å². The van der Waals surface area contributed by atoms with Gasteiger partial charge < -0.3 is 5.32 Å². The number of anilines is 1. The molecule has 0 spiro atoms. The molecule has 3 rings (SSSR count). The van der Waals surface area contributed by atoms with Crippen molar-refractivity contribution >= 4 is 21.6 Å². The lowest BCUT2D eigenvalue weighted by Crippen LogP contribution is -2.47. The van der Waals surface area contributed by atoms with Crippen LogP contribution in [-0.4, -0.2) is 44.6 Å². The SMILES string of the molecule is CC(C(=O)NCc1ccccc1CN1CCCCC1)N(c1ccc(F)cc1)S(C)(=O)=O. The van der Waals surface area contributed by atoms with E-state index in [2.05, 4.69) is 16.3 Å². The molecule has 6 nitrogen and oxygen atoms in total. The highest BCUT2D eigenvalue weighted by Crippen LogP contribution is 2.21. The molecule has 1 unspecified atom stereocenters. The fraction of sp³-hybridized carbons (Fsp3) is 0.435. The average Bonchev–Trinajstić information content (AvgIpc) is 2.74. The summed E-state index contributed by atoms with van der Waals surface area (Å²) in [6, 6.07) is 12.1. The molecule has 0 saturated carbocycles. The van der Waals surface area contributed by atoms with Gasteiger partial charge in [-0.25, -0.2) is 12.8 Å². The Labute approximate surface area is 184 Å². The molecule has 1 aliphatic rings. The number of likely N-dealkylation sites (tertiary alicyclic amines) is 1. The van der Waals surface area contributed by atoms with E-state index >= 15 is 0 Å². The van der Waals surface area contributed by atoms with Crippen molar-refractivity contribution in [2.45, 2.75) is 45.3 Å². The van der Waals surface area contributed by atoms with Crippen LogP contribution in [0.3, 0.4) is 0 Å². The van der Waals surface area contributed by atoms with Crippen LogP contribution in [0.2, 0.25) is 0 Å². The third kappa shape index (κ3) is 6.27. The predicted octanol–water partition coefficient (Wildman–Crippen LogP) is 3.28. The Kier molecular flexibility index (Phi) is 7.67. The highest BCUT2D eigenvalue weighted by Gasteiger charge is 2.29. The van der Waals surface area contributed by atoms with E-state index in [9.17, 15) is 17.6 Å². The largest absolute Gasteiger partial charge is 0.350 e. The molecule has 0 aliphatic carbocycles. The Balaban J connectivity index is 1.70. The molecule has 1 aliphatic heterocycles. The number of nitrogens with zero attached hydrogens (tertiary/aromatic N) is 2. The summed E-state index contributed by atoms with van der Waals surface area (Å²) >= 11 is 0. The zero-order chi connectivity index (χ0) is 22.4. The zero-order valence-electron chi connectivity index (χ0n) is 18.1. The number of benzene rings is 2. The van der Waals surface area contributed by atoms with Gasteiger partial charge in [-0.1, -0.05) is 30.7 Å². The second-order valence-corrected chi connectivity index (χ2v) is 9.89. The van der Waals surface area contributed by atoms with E-state index < -0.39 is 27.8 Å². The minimum absolute atomic E-state index is 0.247. The first-order chi connectivity index (χ1) is 14.8. The van der Waals surface area contributed by atoms with Crippen LogP contribution in [-0.2, 0) is 27.9 Å². The Morgan fingerprint density at radius 2 is 1.68 bits per heavy atom. The summed E-state index contributed by atoms with van der Waals surface area (Å²) in [6.07, 6.45) is 4.73. The number of hydrogen-bond acceptors (Lipinski definition) is 4. The van der Waals surface area contributed by atoms with E-state index in [0.29, 0.717) is 6.54 Å². The molecular formula is C23H30FN3O3S. The van der Waals surface area contributed by atoms with E-state index in [1.807, 2.05) is 18.2 Å². The number of hydrogen-bond donors (Lipinski definition) is 1. The summed E-state index contributed by atoms with van der Waals surface area (Å²) < 4.78 is 39.0. The van der Waals surface area contributed by atoms with Crippen molar-refractivity contribution in [1.29, 1.82) is 0 Å². The van der Waals surface area contributed by atoms with Gasteiger partial charge in [0.05, 0.1) is 11.9 Å². The van der Waals surface area contributed by atoms with Crippen LogP contribution < -0.4 is 9.62 Å². The molecular weight excluding hydrogens is 417 g/mol. The number of piperidine rings is 1. The molecule has 2 aromatic rings. The summed E-state index contributed by atoms with van der Waals surface area (Å²) in [5, 5.41) is 2.87. The van der Waals surface area contributed by atoms with Gasteiger partial charge in [0.2, 0.25) is 15.9 Å². The summed E-state index contributed by atoms with van der Waals surface area (Å²) in [5.41, 5.74) is 2.43. The summed E-state index contributed by atoms with van der Waals surface area (Å²) in [6.45, 7) is 4.84. The fourth-order valence-electron chi connectivity index (χ4n) is 3.97. The highest BCUT2D eigenvalue weighted by molar-refractivity contribution is 7.92. The molecule has 8 heteroatoms. The van der Waals surface area contributed by atoms with Crippen LogP contribution in [0.4, 0.5) is 10.1 Å². The highest BCUT2D eigenvalue weighted by atomic mass is 32.2. The lowest BCUT2D eigenvalue weighted by molar-refractivity contribution is -0.122. The Morgan fingerprint density at radius 3 is 2.29 bits per heavy atom. The van der Waals surface area contributed by atoms with E-state index in [-0.39, 0.29) is 5.69 Å². The number of amides is 1. The van der Waals surface area contributed by atoms with Crippen molar-refractivity contribution < 1.29 is 17.6 Å². The lowest BCUT2D eigenvalue weighted by atomic mass is 10.0. The van der Waals surface area contributed by atoms with Gasteiger partial charge in [0.25, 0.3) is 0 Å². The van der Waals surface area contributed by atoms with Crippen LogP contribution in [0.5, 0.6) is 0 Å². The van der Waals surface area contributed by atoms with Crippen LogP contribution in [0.25, 0.3) is 0 Å². The zero-order valence-corrected chi connectivity index (χ0v) is 18.9. The Bertz CT molecular complexity index is 989. The van der Waals surface area contributed by atoms with Crippen molar-refractivity contribution in [1.82, 2.24) is 10.2 Å². The molecule has 1 fully saturated rings.